The van der Waals surface area contributed by atoms with E-state index in [1.54, 1.807) is 30.3 Å². The van der Waals surface area contributed by atoms with Gasteiger partial charge in [-0.15, -0.1) is 6.58 Å². The third kappa shape index (κ3) is 2.75. The van der Waals surface area contributed by atoms with Gasteiger partial charge in [0.05, 0.1) is 0 Å². The van der Waals surface area contributed by atoms with E-state index in [2.05, 4.69) is 6.58 Å². The van der Waals surface area contributed by atoms with Crippen LogP contribution < -0.4 is 5.73 Å². The molecule has 1 aromatic rings. The highest BCUT2D eigenvalue weighted by molar-refractivity contribution is 5.96. The molecule has 0 fully saturated rings. The van der Waals surface area contributed by atoms with Crippen LogP contribution in [0.3, 0.4) is 0 Å². The SMILES string of the molecule is C=CCCC(=O)c1cccc(N)c1. The van der Waals surface area contributed by atoms with Crippen molar-refractivity contribution in [1.82, 2.24) is 0 Å². The molecule has 2 N–H and O–H groups in total. The Bertz CT molecular complexity index is 318. The lowest BCUT2D eigenvalue weighted by Crippen LogP contribution is -1.98. The summed E-state index contributed by atoms with van der Waals surface area (Å²) in [5.74, 6) is 0.118. The zero-order valence-electron chi connectivity index (χ0n) is 7.49. The Kier molecular flexibility index (Phi) is 3.26. The molecule has 0 atom stereocenters. The first-order chi connectivity index (χ1) is 6.24. The monoisotopic (exact) mass is 175 g/mol. The van der Waals surface area contributed by atoms with E-state index in [4.69, 9.17) is 5.73 Å². The van der Waals surface area contributed by atoms with E-state index in [-0.39, 0.29) is 5.78 Å². The molecule has 2 heteroatoms. The van der Waals surface area contributed by atoms with Crippen LogP contribution in [0.2, 0.25) is 0 Å². The van der Waals surface area contributed by atoms with E-state index in [0.717, 1.165) is 0 Å². The minimum Gasteiger partial charge on any atom is -0.399 e. The van der Waals surface area contributed by atoms with Crippen molar-refractivity contribution in [2.75, 3.05) is 5.73 Å². The van der Waals surface area contributed by atoms with Crippen molar-refractivity contribution in [3.8, 4) is 0 Å². The van der Waals surface area contributed by atoms with Crippen LogP contribution in [0.15, 0.2) is 36.9 Å². The molecule has 0 aliphatic carbocycles. The van der Waals surface area contributed by atoms with Gasteiger partial charge in [-0.1, -0.05) is 18.2 Å². The van der Waals surface area contributed by atoms with Crippen molar-refractivity contribution in [3.63, 3.8) is 0 Å². The molecule has 0 saturated heterocycles. The molecule has 0 aliphatic rings. The first-order valence-electron chi connectivity index (χ1n) is 4.23. The summed E-state index contributed by atoms with van der Waals surface area (Å²) >= 11 is 0. The molecule has 0 aliphatic heterocycles. The van der Waals surface area contributed by atoms with Crippen LogP contribution in [-0.4, -0.2) is 5.78 Å². The lowest BCUT2D eigenvalue weighted by Gasteiger charge is -1.99. The van der Waals surface area contributed by atoms with Crippen LogP contribution in [0.5, 0.6) is 0 Å². The quantitative estimate of drug-likeness (QED) is 0.434. The fourth-order valence-electron chi connectivity index (χ4n) is 1.09. The van der Waals surface area contributed by atoms with E-state index >= 15 is 0 Å². The molecule has 13 heavy (non-hydrogen) atoms. The van der Waals surface area contributed by atoms with Gasteiger partial charge in [-0.3, -0.25) is 4.79 Å². The summed E-state index contributed by atoms with van der Waals surface area (Å²) in [6, 6.07) is 7.04. The topological polar surface area (TPSA) is 43.1 Å². The molecule has 0 aromatic heterocycles. The number of ketones is 1. The van der Waals surface area contributed by atoms with E-state index in [0.29, 0.717) is 24.1 Å². The van der Waals surface area contributed by atoms with Gasteiger partial charge in [-0.2, -0.15) is 0 Å². The maximum Gasteiger partial charge on any atom is 0.163 e. The largest absolute Gasteiger partial charge is 0.399 e. The number of Topliss-reactive ketones (excluding diaryl/α,β-unsaturated/α-hetero) is 1. The van der Waals surface area contributed by atoms with Crippen LogP contribution in [0.4, 0.5) is 5.69 Å². The molecular formula is C11H13NO. The first kappa shape index (κ1) is 9.52. The second-order valence-corrected chi connectivity index (χ2v) is 2.88. The van der Waals surface area contributed by atoms with Gasteiger partial charge in [0.15, 0.2) is 5.78 Å². The van der Waals surface area contributed by atoms with Gasteiger partial charge in [0.1, 0.15) is 0 Å². The molecule has 0 spiro atoms. The maximum atomic E-state index is 11.5. The average Bonchev–Trinajstić information content (AvgIpc) is 2.14. The predicted molar refractivity (Wildman–Crippen MR) is 54.6 cm³/mol. The molecule has 0 saturated carbocycles. The van der Waals surface area contributed by atoms with Crippen molar-refractivity contribution in [1.29, 1.82) is 0 Å². The Morgan fingerprint density at radius 1 is 1.54 bits per heavy atom. The number of nitrogens with two attached hydrogens (primary N) is 1. The van der Waals surface area contributed by atoms with E-state index in [1.807, 2.05) is 0 Å². The second kappa shape index (κ2) is 4.45. The second-order valence-electron chi connectivity index (χ2n) is 2.88. The van der Waals surface area contributed by atoms with Gasteiger partial charge in [0.2, 0.25) is 0 Å². The molecule has 0 radical (unpaired) electrons. The highest BCUT2D eigenvalue weighted by Crippen LogP contribution is 2.09. The summed E-state index contributed by atoms with van der Waals surface area (Å²) in [6.07, 6.45) is 2.96. The summed E-state index contributed by atoms with van der Waals surface area (Å²) in [5.41, 5.74) is 6.86. The van der Waals surface area contributed by atoms with Gasteiger partial charge in [0.25, 0.3) is 0 Å². The highest BCUT2D eigenvalue weighted by Gasteiger charge is 2.03. The molecule has 1 aromatic carbocycles. The number of anilines is 1. The van der Waals surface area contributed by atoms with Gasteiger partial charge in [-0.25, -0.2) is 0 Å². The Morgan fingerprint density at radius 2 is 2.31 bits per heavy atom. The Balaban J connectivity index is 2.71. The Morgan fingerprint density at radius 3 is 2.92 bits per heavy atom. The van der Waals surface area contributed by atoms with Crippen LogP contribution in [0, 0.1) is 0 Å². The summed E-state index contributed by atoms with van der Waals surface area (Å²) in [5, 5.41) is 0. The average molecular weight is 175 g/mol. The van der Waals surface area contributed by atoms with Crippen molar-refractivity contribution in [2.45, 2.75) is 12.8 Å². The van der Waals surface area contributed by atoms with Crippen molar-refractivity contribution >= 4 is 11.5 Å². The predicted octanol–water partition coefficient (Wildman–Crippen LogP) is 2.42. The van der Waals surface area contributed by atoms with E-state index in [1.165, 1.54) is 0 Å². The summed E-state index contributed by atoms with van der Waals surface area (Å²) in [7, 11) is 0. The van der Waals surface area contributed by atoms with Crippen LogP contribution in [0.25, 0.3) is 0 Å². The number of allylic oxidation sites excluding steroid dienone is 1. The van der Waals surface area contributed by atoms with Gasteiger partial charge >= 0.3 is 0 Å². The van der Waals surface area contributed by atoms with Crippen molar-refractivity contribution < 1.29 is 4.79 Å². The normalized spacial score (nSPS) is 9.54. The minimum atomic E-state index is 0.118. The fraction of sp³-hybridized carbons (Fsp3) is 0.182. The smallest absolute Gasteiger partial charge is 0.163 e. The number of hydrogen-bond donors (Lipinski definition) is 1. The third-order valence-corrected chi connectivity index (χ3v) is 1.78. The molecule has 2 nitrogen and oxygen atoms in total. The van der Waals surface area contributed by atoms with Crippen LogP contribution in [-0.2, 0) is 0 Å². The number of benzene rings is 1. The number of hydrogen-bond acceptors (Lipinski definition) is 2. The number of carbonyl (C=O) groups excluding carboxylic acids is 1. The minimum absolute atomic E-state index is 0.118. The van der Waals surface area contributed by atoms with Gasteiger partial charge in [-0.05, 0) is 18.6 Å². The third-order valence-electron chi connectivity index (χ3n) is 1.78. The van der Waals surface area contributed by atoms with Gasteiger partial charge in [0, 0.05) is 17.7 Å². The standard InChI is InChI=1S/C11H13NO/c1-2-3-7-11(13)9-5-4-6-10(12)8-9/h2,4-6,8H,1,3,7,12H2. The fourth-order valence-corrected chi connectivity index (χ4v) is 1.09. The number of rotatable bonds is 4. The molecule has 68 valence electrons. The van der Waals surface area contributed by atoms with Crippen molar-refractivity contribution in [3.05, 3.63) is 42.5 Å². The first-order valence-corrected chi connectivity index (χ1v) is 4.23. The van der Waals surface area contributed by atoms with Gasteiger partial charge < -0.3 is 5.73 Å². The molecule has 0 amide bonds. The van der Waals surface area contributed by atoms with Crippen LogP contribution in [0.1, 0.15) is 23.2 Å². The van der Waals surface area contributed by atoms with Crippen LogP contribution >= 0.6 is 0 Å². The van der Waals surface area contributed by atoms with E-state index < -0.39 is 0 Å². The zero-order chi connectivity index (χ0) is 9.68. The highest BCUT2D eigenvalue weighted by atomic mass is 16.1. The lowest BCUT2D eigenvalue weighted by molar-refractivity contribution is 0.0984. The summed E-state index contributed by atoms with van der Waals surface area (Å²) < 4.78 is 0. The maximum absolute atomic E-state index is 11.5. The van der Waals surface area contributed by atoms with Crippen molar-refractivity contribution in [2.24, 2.45) is 0 Å². The summed E-state index contributed by atoms with van der Waals surface area (Å²) in [4.78, 5) is 11.5. The molecule has 1 rings (SSSR count). The summed E-state index contributed by atoms with van der Waals surface area (Å²) in [6.45, 7) is 3.57. The van der Waals surface area contributed by atoms with E-state index in [9.17, 15) is 4.79 Å². The Labute approximate surface area is 78.1 Å². The Hall–Kier alpha value is -1.57. The number of carbonyl (C=O) groups is 1. The number of nitrogen functional groups attached to an aromatic ring is 1. The molecular weight excluding hydrogens is 162 g/mol. The lowest BCUT2D eigenvalue weighted by atomic mass is 10.1. The molecule has 0 bridgehead atoms. The zero-order valence-corrected chi connectivity index (χ0v) is 7.49. The molecule has 0 heterocycles. The molecule has 0 unspecified atom stereocenters.